The lowest BCUT2D eigenvalue weighted by atomic mass is 9.96. The fourth-order valence-corrected chi connectivity index (χ4v) is 2.63. The highest BCUT2D eigenvalue weighted by Crippen LogP contribution is 2.55. The van der Waals surface area contributed by atoms with E-state index >= 15 is 0 Å². The van der Waals surface area contributed by atoms with Gasteiger partial charge in [-0.25, -0.2) is 4.39 Å². The van der Waals surface area contributed by atoms with Crippen LogP contribution in [0.2, 0.25) is 0 Å². The number of ether oxygens (including phenoxy) is 1. The number of carbonyl (C=O) groups is 1. The Hall–Kier alpha value is -1.42. The highest BCUT2D eigenvalue weighted by molar-refractivity contribution is 5.87. The van der Waals surface area contributed by atoms with Crippen LogP contribution in [-0.2, 0) is 16.1 Å². The van der Waals surface area contributed by atoms with E-state index in [0.717, 1.165) is 17.5 Å². The van der Waals surface area contributed by atoms with Crippen molar-refractivity contribution in [2.75, 3.05) is 7.11 Å². The SMILES string of the molecule is COC(=O)[C@]12C[C@H]1c1ccc(F)cc1CN2. The van der Waals surface area contributed by atoms with Gasteiger partial charge in [-0.15, -0.1) is 0 Å². The Bertz CT molecular complexity index is 474. The van der Waals surface area contributed by atoms with Gasteiger partial charge in [0.2, 0.25) is 0 Å². The zero-order valence-electron chi connectivity index (χ0n) is 8.92. The van der Waals surface area contributed by atoms with Gasteiger partial charge in [-0.3, -0.25) is 10.1 Å². The second-order valence-corrected chi connectivity index (χ2v) is 4.42. The second kappa shape index (κ2) is 3.04. The highest BCUT2D eigenvalue weighted by atomic mass is 19.1. The Morgan fingerprint density at radius 2 is 2.44 bits per heavy atom. The zero-order chi connectivity index (χ0) is 11.3. The van der Waals surface area contributed by atoms with Crippen molar-refractivity contribution in [3.05, 3.63) is 35.1 Å². The fourth-order valence-electron chi connectivity index (χ4n) is 2.63. The first kappa shape index (κ1) is 9.78. The third-order valence-corrected chi connectivity index (χ3v) is 3.59. The quantitative estimate of drug-likeness (QED) is 0.727. The van der Waals surface area contributed by atoms with Crippen molar-refractivity contribution >= 4 is 5.97 Å². The normalized spacial score (nSPS) is 30.2. The smallest absolute Gasteiger partial charge is 0.326 e. The molecule has 4 heteroatoms. The number of hydrogen-bond acceptors (Lipinski definition) is 3. The van der Waals surface area contributed by atoms with E-state index in [-0.39, 0.29) is 17.7 Å². The number of esters is 1. The summed E-state index contributed by atoms with van der Waals surface area (Å²) in [4.78, 5) is 11.6. The van der Waals surface area contributed by atoms with Crippen LogP contribution >= 0.6 is 0 Å². The standard InChI is InChI=1S/C12H12FNO2/c1-16-11(15)12-5-10(12)9-3-2-8(13)4-7(9)6-14-12/h2-4,10,14H,5-6H2,1H3/t10-,12-/m0/s1. The number of halogens is 1. The van der Waals surface area contributed by atoms with Crippen molar-refractivity contribution in [1.82, 2.24) is 5.32 Å². The molecule has 1 N–H and O–H groups in total. The van der Waals surface area contributed by atoms with Crippen molar-refractivity contribution < 1.29 is 13.9 Å². The van der Waals surface area contributed by atoms with Gasteiger partial charge in [0.05, 0.1) is 7.11 Å². The third kappa shape index (κ3) is 1.13. The predicted molar refractivity (Wildman–Crippen MR) is 55.3 cm³/mol. The minimum absolute atomic E-state index is 0.143. The summed E-state index contributed by atoms with van der Waals surface area (Å²) in [5.74, 6) is -0.302. The van der Waals surface area contributed by atoms with Crippen molar-refractivity contribution in [3.8, 4) is 0 Å². The van der Waals surface area contributed by atoms with Gasteiger partial charge in [0.25, 0.3) is 0 Å². The first-order valence-electron chi connectivity index (χ1n) is 5.29. The molecule has 1 aromatic carbocycles. The van der Waals surface area contributed by atoms with Crippen LogP contribution in [0.3, 0.4) is 0 Å². The molecule has 1 heterocycles. The average Bonchev–Trinajstić information content (AvgIpc) is 3.03. The fraction of sp³-hybridized carbons (Fsp3) is 0.417. The molecule has 84 valence electrons. The summed E-state index contributed by atoms with van der Waals surface area (Å²) < 4.78 is 17.8. The van der Waals surface area contributed by atoms with Crippen LogP contribution in [0, 0.1) is 5.82 Å². The maximum Gasteiger partial charge on any atom is 0.326 e. The van der Waals surface area contributed by atoms with E-state index in [4.69, 9.17) is 4.74 Å². The zero-order valence-corrected chi connectivity index (χ0v) is 8.92. The minimum Gasteiger partial charge on any atom is -0.468 e. The summed E-state index contributed by atoms with van der Waals surface area (Å²) in [6.45, 7) is 0.526. The molecule has 1 fully saturated rings. The largest absolute Gasteiger partial charge is 0.468 e. The van der Waals surface area contributed by atoms with Gasteiger partial charge in [0.1, 0.15) is 11.4 Å². The van der Waals surface area contributed by atoms with E-state index in [2.05, 4.69) is 5.32 Å². The average molecular weight is 221 g/mol. The van der Waals surface area contributed by atoms with Crippen LogP contribution in [0.5, 0.6) is 0 Å². The molecule has 0 bridgehead atoms. The molecule has 0 unspecified atom stereocenters. The monoisotopic (exact) mass is 221 g/mol. The number of rotatable bonds is 1. The Balaban J connectivity index is 1.98. The Morgan fingerprint density at radius 1 is 1.62 bits per heavy atom. The maximum atomic E-state index is 13.0. The number of carbonyl (C=O) groups excluding carboxylic acids is 1. The van der Waals surface area contributed by atoms with Crippen LogP contribution < -0.4 is 5.32 Å². The summed E-state index contributed by atoms with van der Waals surface area (Å²) in [6, 6.07) is 4.76. The topological polar surface area (TPSA) is 38.3 Å². The summed E-state index contributed by atoms with van der Waals surface area (Å²) in [6.07, 6.45) is 0.748. The van der Waals surface area contributed by atoms with Crippen LogP contribution in [0.4, 0.5) is 4.39 Å². The van der Waals surface area contributed by atoms with Crippen molar-refractivity contribution in [1.29, 1.82) is 0 Å². The van der Waals surface area contributed by atoms with E-state index in [9.17, 15) is 9.18 Å². The molecule has 2 atom stereocenters. The van der Waals surface area contributed by atoms with Crippen molar-refractivity contribution in [3.63, 3.8) is 0 Å². The minimum atomic E-state index is -0.542. The summed E-state index contributed by atoms with van der Waals surface area (Å²) in [5.41, 5.74) is 1.48. The van der Waals surface area contributed by atoms with Gasteiger partial charge in [0, 0.05) is 12.5 Å². The van der Waals surface area contributed by atoms with Gasteiger partial charge < -0.3 is 4.74 Å². The highest BCUT2D eigenvalue weighted by Gasteiger charge is 2.63. The molecule has 3 nitrogen and oxygen atoms in total. The molecule has 1 saturated carbocycles. The molecule has 0 radical (unpaired) electrons. The molecule has 3 rings (SSSR count). The molecule has 2 aliphatic rings. The summed E-state index contributed by atoms with van der Waals surface area (Å²) >= 11 is 0. The van der Waals surface area contributed by atoms with E-state index in [1.165, 1.54) is 19.2 Å². The van der Waals surface area contributed by atoms with E-state index in [1.54, 1.807) is 6.07 Å². The van der Waals surface area contributed by atoms with Gasteiger partial charge in [-0.2, -0.15) is 0 Å². The van der Waals surface area contributed by atoms with Gasteiger partial charge >= 0.3 is 5.97 Å². The number of fused-ring (bicyclic) bond motifs is 3. The number of hydrogen-bond donors (Lipinski definition) is 1. The lowest BCUT2D eigenvalue weighted by Crippen LogP contribution is -2.43. The Kier molecular flexibility index (Phi) is 1.86. The van der Waals surface area contributed by atoms with Gasteiger partial charge in [-0.1, -0.05) is 6.07 Å². The lowest BCUT2D eigenvalue weighted by molar-refractivity contribution is -0.144. The van der Waals surface area contributed by atoms with Crippen molar-refractivity contribution in [2.24, 2.45) is 0 Å². The number of benzene rings is 1. The maximum absolute atomic E-state index is 13.0. The molecule has 0 saturated heterocycles. The molecule has 0 amide bonds. The first-order chi connectivity index (χ1) is 7.67. The Morgan fingerprint density at radius 3 is 3.19 bits per heavy atom. The van der Waals surface area contributed by atoms with Crippen LogP contribution in [0.25, 0.3) is 0 Å². The van der Waals surface area contributed by atoms with E-state index < -0.39 is 5.54 Å². The Labute approximate surface area is 92.6 Å². The lowest BCUT2D eigenvalue weighted by Gasteiger charge is -2.23. The van der Waals surface area contributed by atoms with E-state index in [1.807, 2.05) is 0 Å². The second-order valence-electron chi connectivity index (χ2n) is 4.42. The number of methoxy groups -OCH3 is 1. The molecular formula is C12H12FNO2. The molecule has 1 aliphatic carbocycles. The van der Waals surface area contributed by atoms with Crippen LogP contribution in [0.1, 0.15) is 23.5 Å². The predicted octanol–water partition coefficient (Wildman–Crippen LogP) is 1.33. The first-order valence-corrected chi connectivity index (χ1v) is 5.29. The summed E-state index contributed by atoms with van der Waals surface area (Å²) in [7, 11) is 1.40. The van der Waals surface area contributed by atoms with Crippen LogP contribution in [-0.4, -0.2) is 18.6 Å². The van der Waals surface area contributed by atoms with E-state index in [0.29, 0.717) is 6.54 Å². The molecule has 0 spiro atoms. The molecule has 0 aromatic heterocycles. The number of nitrogens with one attached hydrogen (secondary N) is 1. The van der Waals surface area contributed by atoms with Gasteiger partial charge in [0.15, 0.2) is 0 Å². The third-order valence-electron chi connectivity index (χ3n) is 3.59. The van der Waals surface area contributed by atoms with Crippen LogP contribution in [0.15, 0.2) is 18.2 Å². The molecular weight excluding hydrogens is 209 g/mol. The van der Waals surface area contributed by atoms with Gasteiger partial charge in [-0.05, 0) is 29.7 Å². The molecule has 16 heavy (non-hydrogen) atoms. The summed E-state index contributed by atoms with van der Waals surface area (Å²) in [5, 5.41) is 3.16. The van der Waals surface area contributed by atoms with Crippen molar-refractivity contribution in [2.45, 2.75) is 24.4 Å². The molecule has 1 aromatic rings. The molecule has 1 aliphatic heterocycles.